The fraction of sp³-hybridized carbons (Fsp3) is 0.211. The Balaban J connectivity index is 1.76. The molecule has 0 radical (unpaired) electrons. The van der Waals surface area contributed by atoms with Crippen LogP contribution in [-0.2, 0) is 6.54 Å². The van der Waals surface area contributed by atoms with Crippen molar-refractivity contribution in [2.45, 2.75) is 6.54 Å². The maximum atomic E-state index is 12.3. The van der Waals surface area contributed by atoms with Crippen molar-refractivity contribution in [1.29, 1.82) is 0 Å². The van der Waals surface area contributed by atoms with Gasteiger partial charge in [0.05, 0.1) is 34.1 Å². The highest BCUT2D eigenvalue weighted by molar-refractivity contribution is 5.92. The van der Waals surface area contributed by atoms with Gasteiger partial charge in [-0.1, -0.05) is 0 Å². The first-order valence-corrected chi connectivity index (χ1v) is 8.35. The second-order valence-corrected chi connectivity index (χ2v) is 5.57. The van der Waals surface area contributed by atoms with Crippen molar-refractivity contribution in [3.63, 3.8) is 0 Å². The predicted molar refractivity (Wildman–Crippen MR) is 101 cm³/mol. The van der Waals surface area contributed by atoms with Crippen molar-refractivity contribution in [2.75, 3.05) is 26.6 Å². The first kappa shape index (κ1) is 19.0. The van der Waals surface area contributed by atoms with Crippen LogP contribution >= 0.6 is 0 Å². The number of aromatic nitrogens is 2. The number of amides is 1. The first-order valence-electron chi connectivity index (χ1n) is 8.35. The van der Waals surface area contributed by atoms with E-state index < -0.39 is 0 Å². The average molecular weight is 384 g/mol. The Morgan fingerprint density at radius 2 is 1.86 bits per heavy atom. The zero-order valence-corrected chi connectivity index (χ0v) is 15.7. The van der Waals surface area contributed by atoms with Crippen LogP contribution in [0, 0.1) is 0 Å². The van der Waals surface area contributed by atoms with Gasteiger partial charge in [0.15, 0.2) is 11.5 Å². The van der Waals surface area contributed by atoms with Crippen molar-refractivity contribution in [1.82, 2.24) is 15.3 Å². The topological polar surface area (TPSA) is 108 Å². The number of nitrogens with zero attached hydrogens (tertiary/aromatic N) is 2. The number of carbonyl (C=O) groups is 1. The summed E-state index contributed by atoms with van der Waals surface area (Å²) < 4.78 is 21.1. The molecule has 2 heterocycles. The Morgan fingerprint density at radius 3 is 2.46 bits per heavy atom. The van der Waals surface area contributed by atoms with E-state index in [9.17, 15) is 4.79 Å². The minimum absolute atomic E-state index is 0.219. The predicted octanol–water partition coefficient (Wildman–Crippen LogP) is 2.77. The van der Waals surface area contributed by atoms with E-state index in [1.54, 1.807) is 30.5 Å². The van der Waals surface area contributed by atoms with Gasteiger partial charge in [0.25, 0.3) is 5.91 Å². The first-order chi connectivity index (χ1) is 13.6. The fourth-order valence-electron chi connectivity index (χ4n) is 2.50. The van der Waals surface area contributed by atoms with Crippen LogP contribution < -0.4 is 24.8 Å². The molecule has 2 aromatic heterocycles. The summed E-state index contributed by atoms with van der Waals surface area (Å²) in [6, 6.07) is 8.49. The van der Waals surface area contributed by atoms with E-state index >= 15 is 0 Å². The number of hydrogen-bond donors (Lipinski definition) is 2. The Labute approximate surface area is 161 Å². The molecule has 0 aliphatic carbocycles. The normalized spacial score (nSPS) is 10.2. The summed E-state index contributed by atoms with van der Waals surface area (Å²) in [7, 11) is 4.59. The summed E-state index contributed by atoms with van der Waals surface area (Å²) in [5.74, 6) is 2.00. The zero-order chi connectivity index (χ0) is 19.9. The number of carbonyl (C=O) groups excluding carboxylic acids is 1. The van der Waals surface area contributed by atoms with E-state index in [4.69, 9.17) is 18.6 Å². The molecule has 0 spiro atoms. The Kier molecular flexibility index (Phi) is 5.95. The minimum Gasteiger partial charge on any atom is -0.493 e. The molecule has 3 rings (SSSR count). The molecule has 0 aliphatic rings. The zero-order valence-electron chi connectivity index (χ0n) is 15.7. The quantitative estimate of drug-likeness (QED) is 0.610. The highest BCUT2D eigenvalue weighted by Gasteiger charge is 2.15. The molecule has 1 amide bonds. The molecule has 0 saturated heterocycles. The highest BCUT2D eigenvalue weighted by Crippen LogP contribution is 2.40. The molecule has 2 N–H and O–H groups in total. The highest BCUT2D eigenvalue weighted by atomic mass is 16.5. The van der Waals surface area contributed by atoms with Gasteiger partial charge < -0.3 is 29.3 Å². The molecule has 0 atom stereocenters. The summed E-state index contributed by atoms with van der Waals surface area (Å²) in [5.41, 5.74) is 0.833. The lowest BCUT2D eigenvalue weighted by Gasteiger charge is -2.14. The standard InChI is InChI=1S/C19H20N4O5/c1-25-15-9-12(10-16(26-2)17(15)27-3)22-19-20-7-6-14(23-19)18(24)21-11-13-5-4-8-28-13/h4-10H,11H2,1-3H3,(H,21,24)(H,20,22,23). The summed E-state index contributed by atoms with van der Waals surface area (Å²) in [4.78, 5) is 20.7. The van der Waals surface area contributed by atoms with E-state index in [1.807, 2.05) is 0 Å². The second-order valence-electron chi connectivity index (χ2n) is 5.57. The maximum absolute atomic E-state index is 12.3. The monoisotopic (exact) mass is 384 g/mol. The number of furan rings is 1. The van der Waals surface area contributed by atoms with Gasteiger partial charge in [0, 0.05) is 24.0 Å². The molecule has 9 heteroatoms. The number of ether oxygens (including phenoxy) is 3. The van der Waals surface area contributed by atoms with E-state index in [0.29, 0.717) is 28.7 Å². The second kappa shape index (κ2) is 8.76. The van der Waals surface area contributed by atoms with Crippen LogP contribution in [0.25, 0.3) is 0 Å². The van der Waals surface area contributed by atoms with Crippen LogP contribution in [-0.4, -0.2) is 37.2 Å². The van der Waals surface area contributed by atoms with Crippen molar-refractivity contribution < 1.29 is 23.4 Å². The van der Waals surface area contributed by atoms with Crippen LogP contribution in [0.1, 0.15) is 16.2 Å². The third-order valence-electron chi connectivity index (χ3n) is 3.81. The van der Waals surface area contributed by atoms with Gasteiger partial charge in [-0.3, -0.25) is 4.79 Å². The number of benzene rings is 1. The lowest BCUT2D eigenvalue weighted by Crippen LogP contribution is -2.23. The minimum atomic E-state index is -0.341. The molecule has 0 saturated carbocycles. The van der Waals surface area contributed by atoms with Crippen LogP contribution in [0.3, 0.4) is 0 Å². The van der Waals surface area contributed by atoms with Crippen molar-refractivity contribution in [3.05, 3.63) is 54.2 Å². The molecule has 28 heavy (non-hydrogen) atoms. The largest absolute Gasteiger partial charge is 0.493 e. The van der Waals surface area contributed by atoms with Crippen molar-refractivity contribution >= 4 is 17.5 Å². The molecule has 0 fully saturated rings. The number of anilines is 2. The Bertz CT molecular complexity index is 918. The summed E-state index contributed by atoms with van der Waals surface area (Å²) in [5, 5.41) is 5.77. The third kappa shape index (κ3) is 4.32. The van der Waals surface area contributed by atoms with Crippen LogP contribution in [0.5, 0.6) is 17.2 Å². The fourth-order valence-corrected chi connectivity index (χ4v) is 2.50. The molecular weight excluding hydrogens is 364 g/mol. The molecule has 0 unspecified atom stereocenters. The van der Waals surface area contributed by atoms with E-state index in [2.05, 4.69) is 20.6 Å². The average Bonchev–Trinajstić information content (AvgIpc) is 3.25. The molecule has 0 aliphatic heterocycles. The van der Waals surface area contributed by atoms with Gasteiger partial charge in [-0.2, -0.15) is 0 Å². The third-order valence-corrected chi connectivity index (χ3v) is 3.81. The number of hydrogen-bond acceptors (Lipinski definition) is 8. The molecule has 3 aromatic rings. The summed E-state index contributed by atoms with van der Waals surface area (Å²) in [6.07, 6.45) is 3.04. The lowest BCUT2D eigenvalue weighted by molar-refractivity contribution is 0.0943. The van der Waals surface area contributed by atoms with E-state index in [1.165, 1.54) is 33.6 Å². The van der Waals surface area contributed by atoms with Gasteiger partial charge in [0.2, 0.25) is 11.7 Å². The van der Waals surface area contributed by atoms with Gasteiger partial charge >= 0.3 is 0 Å². The van der Waals surface area contributed by atoms with Gasteiger partial charge in [-0.05, 0) is 18.2 Å². The van der Waals surface area contributed by atoms with Gasteiger partial charge in [-0.25, -0.2) is 9.97 Å². The van der Waals surface area contributed by atoms with Crippen LogP contribution in [0.4, 0.5) is 11.6 Å². The number of methoxy groups -OCH3 is 3. The lowest BCUT2D eigenvalue weighted by atomic mass is 10.2. The maximum Gasteiger partial charge on any atom is 0.270 e. The van der Waals surface area contributed by atoms with E-state index in [-0.39, 0.29) is 24.1 Å². The smallest absolute Gasteiger partial charge is 0.270 e. The molecule has 1 aromatic carbocycles. The summed E-state index contributed by atoms with van der Waals surface area (Å²) >= 11 is 0. The number of rotatable bonds is 8. The Morgan fingerprint density at radius 1 is 1.11 bits per heavy atom. The molecule has 9 nitrogen and oxygen atoms in total. The van der Waals surface area contributed by atoms with Gasteiger partial charge in [-0.15, -0.1) is 0 Å². The van der Waals surface area contributed by atoms with E-state index in [0.717, 1.165) is 0 Å². The van der Waals surface area contributed by atoms with Crippen LogP contribution in [0.2, 0.25) is 0 Å². The summed E-state index contributed by atoms with van der Waals surface area (Å²) in [6.45, 7) is 0.269. The SMILES string of the molecule is COc1cc(Nc2nccc(C(=O)NCc3ccco3)n2)cc(OC)c1OC. The van der Waals surface area contributed by atoms with Crippen molar-refractivity contribution in [3.8, 4) is 17.2 Å². The van der Waals surface area contributed by atoms with Gasteiger partial charge in [0.1, 0.15) is 11.5 Å². The molecule has 146 valence electrons. The number of nitrogens with one attached hydrogen (secondary N) is 2. The van der Waals surface area contributed by atoms with Crippen molar-refractivity contribution in [2.24, 2.45) is 0 Å². The van der Waals surface area contributed by atoms with Crippen LogP contribution in [0.15, 0.2) is 47.2 Å². The Hall–Kier alpha value is -3.75. The molecular formula is C19H20N4O5. The molecule has 0 bridgehead atoms.